The topological polar surface area (TPSA) is 43.8 Å². The number of carbonyl (C=O) groups is 1. The molecular weight excluding hydrogens is 456 g/mol. The van der Waals surface area contributed by atoms with Crippen molar-refractivity contribution in [1.82, 2.24) is 9.80 Å². The van der Waals surface area contributed by atoms with Crippen LogP contribution in [0.2, 0.25) is 0 Å². The first-order valence-corrected chi connectivity index (χ1v) is 12.9. The average Bonchev–Trinajstić information content (AvgIpc) is 2.96. The highest BCUT2D eigenvalue weighted by Gasteiger charge is 2.29. The third kappa shape index (κ3) is 7.16. The Hall–Kier alpha value is -3.73. The molecule has 3 atom stereocenters. The van der Waals surface area contributed by atoms with Gasteiger partial charge in [-0.15, -0.1) is 0 Å². The second-order valence-corrected chi connectivity index (χ2v) is 9.61. The summed E-state index contributed by atoms with van der Waals surface area (Å²) < 4.78 is 0. The minimum absolute atomic E-state index is 0.00228. The predicted octanol–water partition coefficient (Wildman–Crippen LogP) is 6.40. The summed E-state index contributed by atoms with van der Waals surface area (Å²) in [5, 5.41) is 11.0. The zero-order chi connectivity index (χ0) is 26.0. The van der Waals surface area contributed by atoms with E-state index in [4.69, 9.17) is 0 Å². The Morgan fingerprint density at radius 1 is 0.676 bits per heavy atom. The van der Waals surface area contributed by atoms with Crippen LogP contribution in [-0.4, -0.2) is 33.9 Å². The van der Waals surface area contributed by atoms with Gasteiger partial charge in [-0.3, -0.25) is 9.69 Å². The number of hydrogen-bond acceptors (Lipinski definition) is 3. The summed E-state index contributed by atoms with van der Waals surface area (Å²) in [6.07, 6.45) is -0.443. The Labute approximate surface area is 220 Å². The molecule has 4 aromatic rings. The Kier molecular flexibility index (Phi) is 9.25. The Balaban J connectivity index is 1.61. The van der Waals surface area contributed by atoms with Crippen LogP contribution in [-0.2, 0) is 17.9 Å². The molecule has 0 saturated heterocycles. The lowest BCUT2D eigenvalue weighted by molar-refractivity contribution is -0.135. The number of rotatable bonds is 11. The fourth-order valence-electron chi connectivity index (χ4n) is 4.72. The molecule has 0 aliphatic heterocycles. The minimum atomic E-state index is -0.755. The molecule has 0 unspecified atom stereocenters. The van der Waals surface area contributed by atoms with Gasteiger partial charge in [0.2, 0.25) is 5.91 Å². The second-order valence-electron chi connectivity index (χ2n) is 9.61. The Morgan fingerprint density at radius 3 is 1.54 bits per heavy atom. The van der Waals surface area contributed by atoms with Crippen LogP contribution in [0.1, 0.15) is 47.7 Å². The van der Waals surface area contributed by atoms with Gasteiger partial charge in [-0.05, 0) is 29.2 Å². The summed E-state index contributed by atoms with van der Waals surface area (Å²) >= 11 is 0. The third-order valence-corrected chi connectivity index (χ3v) is 7.05. The highest BCUT2D eigenvalue weighted by Crippen LogP contribution is 2.30. The standard InChI is InChI=1S/C33H36N2O2/c1-26(33(37)30-21-13-6-14-22-30)34(2)32(36)23-31(29-19-11-5-12-20-29)35(24-27-15-7-3-8-16-27)25-28-17-9-4-10-18-28/h3-22,26,31,33,37H,23-25H2,1-2H3/t26-,31-,33+/m0/s1. The van der Waals surface area contributed by atoms with Gasteiger partial charge in [0.1, 0.15) is 0 Å². The van der Waals surface area contributed by atoms with Crippen LogP contribution < -0.4 is 0 Å². The fourth-order valence-corrected chi connectivity index (χ4v) is 4.72. The van der Waals surface area contributed by atoms with Gasteiger partial charge < -0.3 is 10.0 Å². The molecule has 4 nitrogen and oxygen atoms in total. The van der Waals surface area contributed by atoms with Crippen LogP contribution in [0.25, 0.3) is 0 Å². The van der Waals surface area contributed by atoms with Crippen LogP contribution in [0.15, 0.2) is 121 Å². The number of benzene rings is 4. The van der Waals surface area contributed by atoms with Crippen molar-refractivity contribution in [3.63, 3.8) is 0 Å². The van der Waals surface area contributed by atoms with Crippen molar-refractivity contribution in [2.24, 2.45) is 0 Å². The molecule has 190 valence electrons. The SMILES string of the molecule is C[C@@H]([C@@H](O)c1ccccc1)N(C)C(=O)C[C@@H](c1ccccc1)N(Cc1ccccc1)Cc1ccccc1. The number of nitrogens with zero attached hydrogens (tertiary/aromatic N) is 2. The number of aliphatic hydroxyl groups excluding tert-OH is 1. The average molecular weight is 493 g/mol. The summed E-state index contributed by atoms with van der Waals surface area (Å²) in [7, 11) is 1.79. The van der Waals surface area contributed by atoms with Crippen molar-refractivity contribution in [1.29, 1.82) is 0 Å². The van der Waals surface area contributed by atoms with Gasteiger partial charge in [0.05, 0.1) is 12.1 Å². The Morgan fingerprint density at radius 2 is 1.08 bits per heavy atom. The maximum absolute atomic E-state index is 13.7. The molecule has 0 fully saturated rings. The van der Waals surface area contributed by atoms with E-state index < -0.39 is 6.10 Å². The molecule has 0 bridgehead atoms. The number of hydrogen-bond donors (Lipinski definition) is 1. The highest BCUT2D eigenvalue weighted by atomic mass is 16.3. The summed E-state index contributed by atoms with van der Waals surface area (Å²) in [6, 6.07) is 40.1. The van der Waals surface area contributed by atoms with Gasteiger partial charge >= 0.3 is 0 Å². The Bertz CT molecular complexity index is 1170. The van der Waals surface area contributed by atoms with E-state index in [1.165, 1.54) is 11.1 Å². The first-order chi connectivity index (χ1) is 18.0. The fraction of sp³-hybridized carbons (Fsp3) is 0.242. The molecule has 1 amide bonds. The maximum Gasteiger partial charge on any atom is 0.224 e. The molecule has 0 spiro atoms. The van der Waals surface area contributed by atoms with Crippen molar-refractivity contribution in [3.8, 4) is 0 Å². The molecule has 0 aliphatic carbocycles. The molecule has 4 aromatic carbocycles. The van der Waals surface area contributed by atoms with Gasteiger partial charge in [0.25, 0.3) is 0 Å². The maximum atomic E-state index is 13.7. The third-order valence-electron chi connectivity index (χ3n) is 7.05. The van der Waals surface area contributed by atoms with E-state index in [2.05, 4.69) is 65.6 Å². The van der Waals surface area contributed by atoms with Crippen molar-refractivity contribution < 1.29 is 9.90 Å². The van der Waals surface area contributed by atoms with E-state index in [0.717, 1.165) is 11.1 Å². The predicted molar refractivity (Wildman–Crippen MR) is 150 cm³/mol. The van der Waals surface area contributed by atoms with Gasteiger partial charge in [-0.2, -0.15) is 0 Å². The molecule has 0 aliphatic rings. The van der Waals surface area contributed by atoms with Crippen LogP contribution in [0.4, 0.5) is 0 Å². The van der Waals surface area contributed by atoms with Gasteiger partial charge in [0.15, 0.2) is 0 Å². The van der Waals surface area contributed by atoms with Crippen molar-refractivity contribution in [2.75, 3.05) is 7.05 Å². The lowest BCUT2D eigenvalue weighted by Gasteiger charge is -2.35. The summed E-state index contributed by atoms with van der Waals surface area (Å²) in [5.74, 6) is 0.00228. The molecule has 0 radical (unpaired) electrons. The van der Waals surface area contributed by atoms with Crippen LogP contribution in [0.5, 0.6) is 0 Å². The minimum Gasteiger partial charge on any atom is -0.386 e. The lowest BCUT2D eigenvalue weighted by atomic mass is 9.98. The molecule has 4 rings (SSSR count). The van der Waals surface area contributed by atoms with Gasteiger partial charge in [-0.25, -0.2) is 0 Å². The summed E-state index contributed by atoms with van der Waals surface area (Å²) in [4.78, 5) is 17.8. The monoisotopic (exact) mass is 492 g/mol. The molecule has 37 heavy (non-hydrogen) atoms. The lowest BCUT2D eigenvalue weighted by Crippen LogP contribution is -2.41. The molecule has 0 aromatic heterocycles. The van der Waals surface area contributed by atoms with E-state index in [1.807, 2.05) is 67.6 Å². The van der Waals surface area contributed by atoms with E-state index in [1.54, 1.807) is 11.9 Å². The van der Waals surface area contributed by atoms with E-state index in [0.29, 0.717) is 19.5 Å². The number of aliphatic hydroxyl groups is 1. The van der Waals surface area contributed by atoms with Crippen molar-refractivity contribution in [2.45, 2.75) is 44.6 Å². The van der Waals surface area contributed by atoms with E-state index in [-0.39, 0.29) is 18.0 Å². The molecule has 4 heteroatoms. The van der Waals surface area contributed by atoms with E-state index >= 15 is 0 Å². The van der Waals surface area contributed by atoms with Crippen molar-refractivity contribution >= 4 is 5.91 Å². The van der Waals surface area contributed by atoms with Crippen LogP contribution >= 0.6 is 0 Å². The first kappa shape index (κ1) is 26.3. The zero-order valence-electron chi connectivity index (χ0n) is 21.7. The largest absolute Gasteiger partial charge is 0.386 e. The molecule has 0 heterocycles. The molecule has 0 saturated carbocycles. The highest BCUT2D eigenvalue weighted by molar-refractivity contribution is 5.77. The number of likely N-dealkylation sites (N-methyl/N-ethyl adjacent to an activating group) is 1. The normalized spacial score (nSPS) is 13.6. The summed E-state index contributed by atoms with van der Waals surface area (Å²) in [6.45, 7) is 3.34. The van der Waals surface area contributed by atoms with E-state index in [9.17, 15) is 9.90 Å². The van der Waals surface area contributed by atoms with Crippen molar-refractivity contribution in [3.05, 3.63) is 144 Å². The van der Waals surface area contributed by atoms with Gasteiger partial charge in [0, 0.05) is 32.6 Å². The zero-order valence-corrected chi connectivity index (χ0v) is 21.7. The number of amides is 1. The van der Waals surface area contributed by atoms with Crippen LogP contribution in [0, 0.1) is 0 Å². The second kappa shape index (κ2) is 13.0. The molecular formula is C33H36N2O2. The molecule has 1 N–H and O–H groups in total. The van der Waals surface area contributed by atoms with Gasteiger partial charge in [-0.1, -0.05) is 121 Å². The smallest absolute Gasteiger partial charge is 0.224 e. The summed E-state index contributed by atoms with van der Waals surface area (Å²) in [5.41, 5.74) is 4.32. The van der Waals surface area contributed by atoms with Crippen LogP contribution in [0.3, 0.4) is 0 Å². The first-order valence-electron chi connectivity index (χ1n) is 12.9. The number of carbonyl (C=O) groups excluding carboxylic acids is 1. The quantitative estimate of drug-likeness (QED) is 0.263.